The Morgan fingerprint density at radius 3 is 2.68 bits per heavy atom. The van der Waals surface area contributed by atoms with Crippen molar-refractivity contribution in [2.24, 2.45) is 5.92 Å². The van der Waals surface area contributed by atoms with Crippen LogP contribution in [0.5, 0.6) is 0 Å². The van der Waals surface area contributed by atoms with Gasteiger partial charge in [-0.1, -0.05) is 6.42 Å². The maximum Gasteiger partial charge on any atom is 0.418 e. The molecule has 0 radical (unpaired) electrons. The Morgan fingerprint density at radius 1 is 1.36 bits per heavy atom. The van der Waals surface area contributed by atoms with E-state index in [2.05, 4.69) is 10.6 Å². The molecule has 2 atom stereocenters. The molecule has 1 aliphatic rings. The molecule has 1 amide bonds. The van der Waals surface area contributed by atoms with E-state index < -0.39 is 11.7 Å². The second kappa shape index (κ2) is 6.26. The molecule has 2 rings (SSSR count). The van der Waals surface area contributed by atoms with Gasteiger partial charge in [0.2, 0.25) is 5.91 Å². The smallest absolute Gasteiger partial charge is 0.381 e. The third-order valence-electron chi connectivity index (χ3n) is 3.89. The zero-order valence-corrected chi connectivity index (χ0v) is 12.0. The van der Waals surface area contributed by atoms with Gasteiger partial charge >= 0.3 is 6.18 Å². The van der Waals surface area contributed by atoms with Crippen molar-refractivity contribution in [1.82, 2.24) is 5.32 Å². The van der Waals surface area contributed by atoms with Gasteiger partial charge in [0.15, 0.2) is 0 Å². The molecule has 0 heterocycles. The SMILES string of the molecule is CNC(=O)[C@@H]1CCC[C@H]1Nc1cc(C#N)ccc1C(F)(F)F. The highest BCUT2D eigenvalue weighted by molar-refractivity contribution is 5.80. The monoisotopic (exact) mass is 311 g/mol. The number of hydrogen-bond acceptors (Lipinski definition) is 3. The Kier molecular flexibility index (Phi) is 4.59. The number of alkyl halides is 3. The number of carbonyl (C=O) groups excluding carboxylic acids is 1. The molecule has 0 aromatic heterocycles. The van der Waals surface area contributed by atoms with E-state index in [1.807, 2.05) is 6.07 Å². The zero-order valence-electron chi connectivity index (χ0n) is 12.0. The van der Waals surface area contributed by atoms with Crippen LogP contribution in [0.25, 0.3) is 0 Å². The second-order valence-corrected chi connectivity index (χ2v) is 5.27. The number of amides is 1. The Labute approximate surface area is 126 Å². The highest BCUT2D eigenvalue weighted by atomic mass is 19.4. The second-order valence-electron chi connectivity index (χ2n) is 5.27. The molecule has 7 heteroatoms. The largest absolute Gasteiger partial charge is 0.418 e. The lowest BCUT2D eigenvalue weighted by atomic mass is 10.0. The number of rotatable bonds is 3. The fraction of sp³-hybridized carbons (Fsp3) is 0.467. The summed E-state index contributed by atoms with van der Waals surface area (Å²) in [6, 6.07) is 4.68. The molecule has 0 saturated heterocycles. The number of benzene rings is 1. The average molecular weight is 311 g/mol. The number of carbonyl (C=O) groups is 1. The van der Waals surface area contributed by atoms with Gasteiger partial charge in [-0.05, 0) is 31.0 Å². The van der Waals surface area contributed by atoms with Gasteiger partial charge in [0.1, 0.15) is 0 Å². The van der Waals surface area contributed by atoms with Crippen LogP contribution in [0.1, 0.15) is 30.4 Å². The molecule has 1 aromatic carbocycles. The molecule has 0 aliphatic heterocycles. The summed E-state index contributed by atoms with van der Waals surface area (Å²) in [7, 11) is 1.51. The van der Waals surface area contributed by atoms with Gasteiger partial charge in [-0.3, -0.25) is 4.79 Å². The maximum atomic E-state index is 13.1. The first-order valence-corrected chi connectivity index (χ1v) is 6.96. The number of anilines is 1. The zero-order chi connectivity index (χ0) is 16.3. The first-order valence-electron chi connectivity index (χ1n) is 6.96. The first-order chi connectivity index (χ1) is 10.4. The molecule has 4 nitrogen and oxygen atoms in total. The van der Waals surface area contributed by atoms with Crippen LogP contribution in [-0.4, -0.2) is 19.0 Å². The van der Waals surface area contributed by atoms with Crippen LogP contribution in [0.15, 0.2) is 18.2 Å². The summed E-state index contributed by atoms with van der Waals surface area (Å²) in [6.07, 6.45) is -2.49. The van der Waals surface area contributed by atoms with E-state index in [1.54, 1.807) is 0 Å². The minimum Gasteiger partial charge on any atom is -0.381 e. The molecule has 0 unspecified atom stereocenters. The van der Waals surface area contributed by atoms with Crippen LogP contribution < -0.4 is 10.6 Å². The Balaban J connectivity index is 2.31. The fourth-order valence-electron chi connectivity index (χ4n) is 2.81. The van der Waals surface area contributed by atoms with Gasteiger partial charge in [-0.2, -0.15) is 18.4 Å². The molecule has 1 aliphatic carbocycles. The van der Waals surface area contributed by atoms with Crippen molar-refractivity contribution in [2.45, 2.75) is 31.5 Å². The number of hydrogen-bond donors (Lipinski definition) is 2. The van der Waals surface area contributed by atoms with Crippen LogP contribution in [0, 0.1) is 17.2 Å². The van der Waals surface area contributed by atoms with Crippen molar-refractivity contribution in [2.75, 3.05) is 12.4 Å². The molecule has 1 fully saturated rings. The molecule has 1 aromatic rings. The Bertz CT molecular complexity index is 607. The van der Waals surface area contributed by atoms with Crippen LogP contribution in [0.3, 0.4) is 0 Å². The quantitative estimate of drug-likeness (QED) is 0.902. The third-order valence-corrected chi connectivity index (χ3v) is 3.89. The van der Waals surface area contributed by atoms with Crippen molar-refractivity contribution < 1.29 is 18.0 Å². The molecule has 0 spiro atoms. The van der Waals surface area contributed by atoms with Gasteiger partial charge in [-0.15, -0.1) is 0 Å². The van der Waals surface area contributed by atoms with Crippen molar-refractivity contribution >= 4 is 11.6 Å². The van der Waals surface area contributed by atoms with Gasteiger partial charge in [-0.25, -0.2) is 0 Å². The van der Waals surface area contributed by atoms with E-state index in [0.29, 0.717) is 12.8 Å². The van der Waals surface area contributed by atoms with E-state index in [0.717, 1.165) is 18.6 Å². The first kappa shape index (κ1) is 16.1. The van der Waals surface area contributed by atoms with E-state index >= 15 is 0 Å². The average Bonchev–Trinajstić information content (AvgIpc) is 2.93. The van der Waals surface area contributed by atoms with Crippen LogP contribution in [0.2, 0.25) is 0 Å². The van der Waals surface area contributed by atoms with Gasteiger partial charge in [0, 0.05) is 18.8 Å². The van der Waals surface area contributed by atoms with E-state index in [4.69, 9.17) is 5.26 Å². The highest BCUT2D eigenvalue weighted by Crippen LogP contribution is 2.37. The number of nitriles is 1. The molecule has 22 heavy (non-hydrogen) atoms. The number of halogens is 3. The minimum absolute atomic E-state index is 0.144. The molecule has 118 valence electrons. The van der Waals surface area contributed by atoms with Crippen molar-refractivity contribution in [3.05, 3.63) is 29.3 Å². The summed E-state index contributed by atoms with van der Waals surface area (Å²) in [4.78, 5) is 11.8. The molecule has 2 N–H and O–H groups in total. The summed E-state index contributed by atoms with van der Waals surface area (Å²) in [5, 5.41) is 14.2. The highest BCUT2D eigenvalue weighted by Gasteiger charge is 2.37. The van der Waals surface area contributed by atoms with E-state index in [-0.39, 0.29) is 29.1 Å². The van der Waals surface area contributed by atoms with Crippen molar-refractivity contribution in [3.8, 4) is 6.07 Å². The molecule has 0 bridgehead atoms. The summed E-state index contributed by atoms with van der Waals surface area (Å²) < 4.78 is 39.2. The summed E-state index contributed by atoms with van der Waals surface area (Å²) in [5.41, 5.74) is -0.827. The van der Waals surface area contributed by atoms with Crippen LogP contribution in [0.4, 0.5) is 18.9 Å². The maximum absolute atomic E-state index is 13.1. The predicted octanol–water partition coefficient (Wildman–Crippen LogP) is 2.90. The minimum atomic E-state index is -4.52. The van der Waals surface area contributed by atoms with Crippen LogP contribution >= 0.6 is 0 Å². The number of nitrogens with zero attached hydrogens (tertiary/aromatic N) is 1. The summed E-state index contributed by atoms with van der Waals surface area (Å²) >= 11 is 0. The topological polar surface area (TPSA) is 64.9 Å². The molecular weight excluding hydrogens is 295 g/mol. The lowest BCUT2D eigenvalue weighted by Crippen LogP contribution is -2.36. The van der Waals surface area contributed by atoms with Gasteiger partial charge in [0.25, 0.3) is 0 Å². The Morgan fingerprint density at radius 2 is 2.09 bits per heavy atom. The summed E-state index contributed by atoms with van der Waals surface area (Å²) in [6.45, 7) is 0. The molecular formula is C15H16F3N3O. The van der Waals surface area contributed by atoms with Crippen molar-refractivity contribution in [1.29, 1.82) is 5.26 Å². The van der Waals surface area contributed by atoms with E-state index in [1.165, 1.54) is 13.1 Å². The summed E-state index contributed by atoms with van der Waals surface area (Å²) in [5.74, 6) is -0.545. The lowest BCUT2D eigenvalue weighted by Gasteiger charge is -2.23. The van der Waals surface area contributed by atoms with Crippen LogP contribution in [-0.2, 0) is 11.0 Å². The van der Waals surface area contributed by atoms with Crippen molar-refractivity contribution in [3.63, 3.8) is 0 Å². The van der Waals surface area contributed by atoms with Gasteiger partial charge < -0.3 is 10.6 Å². The number of nitrogens with one attached hydrogen (secondary N) is 2. The van der Waals surface area contributed by atoms with Gasteiger partial charge in [0.05, 0.1) is 23.1 Å². The Hall–Kier alpha value is -2.23. The van der Waals surface area contributed by atoms with E-state index in [9.17, 15) is 18.0 Å². The third kappa shape index (κ3) is 3.32. The lowest BCUT2D eigenvalue weighted by molar-refractivity contribution is -0.137. The normalized spacial score (nSPS) is 21.2. The standard InChI is InChI=1S/C15H16F3N3O/c1-20-14(22)10-3-2-4-12(10)21-13-7-9(8-19)5-6-11(13)15(16,17)18/h5-7,10,12,21H,2-4H2,1H3,(H,20,22)/t10-,12-/m1/s1. The predicted molar refractivity (Wildman–Crippen MR) is 75.0 cm³/mol. The molecule has 1 saturated carbocycles. The fourth-order valence-corrected chi connectivity index (χ4v) is 2.81.